The van der Waals surface area contributed by atoms with Gasteiger partial charge in [-0.15, -0.1) is 0 Å². The van der Waals surface area contributed by atoms with Gasteiger partial charge in [0.1, 0.15) is 5.40 Å². The molecule has 0 aromatic rings. The summed E-state index contributed by atoms with van der Waals surface area (Å²) in [6.45, 7) is 0. The van der Waals surface area contributed by atoms with Crippen LogP contribution < -0.4 is 0 Å². The van der Waals surface area contributed by atoms with Crippen molar-refractivity contribution in [3.63, 3.8) is 0 Å². The van der Waals surface area contributed by atoms with Crippen LogP contribution in [0, 0.1) is 10.7 Å². The third-order valence-corrected chi connectivity index (χ3v) is 0. The average molecular weight is 100 g/mol. The fourth-order valence-corrected chi connectivity index (χ4v) is 0. The minimum atomic E-state index is 0. The van der Waals surface area contributed by atoms with Crippen molar-refractivity contribution in [3.05, 3.63) is 0 Å². The minimum absolute atomic E-state index is 0. The minimum Gasteiger partial charge on any atom is -0.185 e. The van der Waals surface area contributed by atoms with Crippen molar-refractivity contribution in [1.82, 2.24) is 0 Å². The number of rotatable bonds is 0. The summed E-state index contributed by atoms with van der Waals surface area (Å²) < 4.78 is 0. The molecular formula is CHKNS. The van der Waals surface area contributed by atoms with Gasteiger partial charge in [-0.2, -0.15) is 5.26 Å². The topological polar surface area (TPSA) is 23.8 Å². The van der Waals surface area contributed by atoms with Crippen LogP contribution >= 0.6 is 12.6 Å². The number of nitriles is 1. The number of hydrogen-bond donors (Lipinski definition) is 1. The molecule has 17 valence electrons. The predicted molar refractivity (Wildman–Crippen MR) is 20.4 cm³/mol. The van der Waals surface area contributed by atoms with Gasteiger partial charge in [0.05, 0.1) is 0 Å². The van der Waals surface area contributed by atoms with Crippen LogP contribution in [-0.4, -0.2) is 51.4 Å². The van der Waals surface area contributed by atoms with Crippen LogP contribution in [0.15, 0.2) is 0 Å². The summed E-state index contributed by atoms with van der Waals surface area (Å²) in [5.74, 6) is 0. The average Bonchev–Trinajstić information content (AvgIpc) is 0.918. The Morgan fingerprint density at radius 3 is 1.75 bits per heavy atom. The molecule has 0 N–H and O–H groups in total. The molecule has 1 nitrogen and oxygen atoms in total. The molecule has 4 heavy (non-hydrogen) atoms. The summed E-state index contributed by atoms with van der Waals surface area (Å²) in [6, 6.07) is 0. The molecule has 0 fully saturated rings. The van der Waals surface area contributed by atoms with Crippen molar-refractivity contribution < 1.29 is 0 Å². The van der Waals surface area contributed by atoms with E-state index in [-0.39, 0.29) is 51.4 Å². The van der Waals surface area contributed by atoms with Gasteiger partial charge in [-0.25, -0.2) is 0 Å². The summed E-state index contributed by atoms with van der Waals surface area (Å²) >= 11 is 3.09. The smallest absolute Gasteiger partial charge is 0.130 e. The van der Waals surface area contributed by atoms with Crippen LogP contribution in [0.5, 0.6) is 0 Å². The Bertz CT molecular complexity index is 29.5. The molecule has 0 aromatic carbocycles. The molecular weight excluding hydrogens is 99.2 g/mol. The molecule has 0 heterocycles. The Kier molecular flexibility index (Phi) is 20.0. The van der Waals surface area contributed by atoms with E-state index in [0.29, 0.717) is 0 Å². The van der Waals surface area contributed by atoms with Crippen LogP contribution in [0.2, 0.25) is 0 Å². The first kappa shape index (κ1) is 9.08. The third kappa shape index (κ3) is 9.78. The number of thiol groups is 1. The van der Waals surface area contributed by atoms with Gasteiger partial charge in [-0.3, -0.25) is 0 Å². The SMILES string of the molecule is [15N]#[13C]S.[K]. The molecule has 0 unspecified atom stereocenters. The first-order chi connectivity index (χ1) is 1.41. The van der Waals surface area contributed by atoms with E-state index >= 15 is 0 Å². The summed E-state index contributed by atoms with van der Waals surface area (Å²) in [4.78, 5) is 0. The van der Waals surface area contributed by atoms with E-state index in [2.05, 4.69) is 12.6 Å². The second-order valence-electron chi connectivity index (χ2n) is 0.100. The second-order valence-corrected chi connectivity index (χ2v) is 0.300. The molecule has 0 bridgehead atoms. The largest absolute Gasteiger partial charge is 0.185 e. The van der Waals surface area contributed by atoms with E-state index in [1.165, 1.54) is 5.40 Å². The van der Waals surface area contributed by atoms with Gasteiger partial charge in [0.2, 0.25) is 0 Å². The molecule has 0 aliphatic heterocycles. The van der Waals surface area contributed by atoms with E-state index in [1.54, 1.807) is 0 Å². The van der Waals surface area contributed by atoms with Gasteiger partial charge >= 0.3 is 0 Å². The zero-order valence-corrected chi connectivity index (χ0v) is 6.41. The van der Waals surface area contributed by atoms with Gasteiger partial charge in [-0.1, -0.05) is 12.6 Å². The number of thiocyanates is 1. The third-order valence-electron chi connectivity index (χ3n) is 0. The Morgan fingerprint density at radius 2 is 1.75 bits per heavy atom. The standard InChI is InChI=1S/CHNS.K/c2-1-3;/h3H;/i1+1,2+1;. The first-order valence-electron chi connectivity index (χ1n) is 0.447. The molecule has 1 radical (unpaired) electrons. The monoisotopic (exact) mass is 99.9 g/mol. The zero-order valence-electron chi connectivity index (χ0n) is 2.39. The van der Waals surface area contributed by atoms with Crippen LogP contribution in [0.1, 0.15) is 0 Å². The molecule has 0 saturated heterocycles. The Morgan fingerprint density at radius 1 is 1.75 bits per heavy atom. The molecule has 0 amide bonds. The van der Waals surface area contributed by atoms with Gasteiger partial charge < -0.3 is 0 Å². The number of nitrogens with zero attached hydrogens (tertiary/aromatic N) is 1. The Balaban J connectivity index is 0. The van der Waals surface area contributed by atoms with Crippen molar-refractivity contribution in [2.75, 3.05) is 0 Å². The molecule has 0 spiro atoms. The van der Waals surface area contributed by atoms with Crippen LogP contribution in [0.3, 0.4) is 0 Å². The summed E-state index contributed by atoms with van der Waals surface area (Å²) in [6.07, 6.45) is 0. The molecule has 0 atom stereocenters. The molecule has 0 saturated carbocycles. The van der Waals surface area contributed by atoms with Crippen LogP contribution in [-0.2, 0) is 0 Å². The van der Waals surface area contributed by atoms with Crippen LogP contribution in [0.25, 0.3) is 0 Å². The summed E-state index contributed by atoms with van der Waals surface area (Å²) in [7, 11) is 0. The van der Waals surface area contributed by atoms with E-state index < -0.39 is 0 Å². The zero-order chi connectivity index (χ0) is 2.71. The van der Waals surface area contributed by atoms with Gasteiger partial charge in [-0.05, 0) is 0 Å². The van der Waals surface area contributed by atoms with E-state index in [9.17, 15) is 0 Å². The maximum Gasteiger partial charge on any atom is 0.130 e. The van der Waals surface area contributed by atoms with Gasteiger partial charge in [0.15, 0.2) is 0 Å². The molecule has 0 aliphatic rings. The molecule has 0 aromatic heterocycles. The predicted octanol–water partition coefficient (Wildman–Crippen LogP) is 0.0165. The first-order valence-corrected chi connectivity index (χ1v) is 0.894. The maximum absolute atomic E-state index is 7.18. The molecule has 0 aliphatic carbocycles. The van der Waals surface area contributed by atoms with Gasteiger partial charge in [0, 0.05) is 51.4 Å². The maximum atomic E-state index is 7.18. The number of hydrogen-bond acceptors (Lipinski definition) is 2. The molecule has 3 heteroatoms. The van der Waals surface area contributed by atoms with Crippen LogP contribution in [0.4, 0.5) is 0 Å². The van der Waals surface area contributed by atoms with Crippen molar-refractivity contribution in [3.8, 4) is 5.40 Å². The Labute approximate surface area is 73.2 Å². The van der Waals surface area contributed by atoms with Crippen molar-refractivity contribution >= 4 is 64.0 Å². The molecule has 0 rings (SSSR count). The fraction of sp³-hybridized carbons (Fsp3) is 0. The Hall–Kier alpha value is 1.48. The summed E-state index contributed by atoms with van der Waals surface area (Å²) in [5, 5.41) is 8.63. The normalized spacial score (nSPS) is 2.00. The fourth-order valence-electron chi connectivity index (χ4n) is 0. The van der Waals surface area contributed by atoms with Gasteiger partial charge in [0.25, 0.3) is 0 Å². The quantitative estimate of drug-likeness (QED) is 0.150. The summed E-state index contributed by atoms with van der Waals surface area (Å²) in [5.41, 5.74) is 0. The van der Waals surface area contributed by atoms with Crippen molar-refractivity contribution in [2.24, 2.45) is 0 Å². The van der Waals surface area contributed by atoms with E-state index in [0.717, 1.165) is 0 Å². The van der Waals surface area contributed by atoms with Crippen molar-refractivity contribution in [2.45, 2.75) is 0 Å². The van der Waals surface area contributed by atoms with E-state index in [4.69, 9.17) is 5.26 Å². The second kappa shape index (κ2) is 8.82. The van der Waals surface area contributed by atoms with E-state index in [1.807, 2.05) is 0 Å². The van der Waals surface area contributed by atoms with Crippen molar-refractivity contribution in [1.29, 1.82) is 5.26 Å².